The van der Waals surface area contributed by atoms with Crippen LogP contribution in [0.15, 0.2) is 0 Å². The summed E-state index contributed by atoms with van der Waals surface area (Å²) < 4.78 is 33.1. The van der Waals surface area contributed by atoms with E-state index in [9.17, 15) is 18.4 Å². The van der Waals surface area contributed by atoms with Crippen LogP contribution in [0.1, 0.15) is 32.6 Å². The smallest absolute Gasteiger partial charge is 0.318 e. The van der Waals surface area contributed by atoms with E-state index in [0.29, 0.717) is 37.6 Å². The summed E-state index contributed by atoms with van der Waals surface area (Å²) in [5.41, 5.74) is 0. The SMILES string of the molecule is CCCC(F)(F)C[C@H](NC(=O)N1CCCOCC1)C(=O)N(C)C#N. The van der Waals surface area contributed by atoms with Crippen LogP contribution in [0.5, 0.6) is 0 Å². The molecule has 0 saturated carbocycles. The molecule has 1 atom stereocenters. The number of amides is 3. The lowest BCUT2D eigenvalue weighted by Gasteiger charge is -2.27. The lowest BCUT2D eigenvalue weighted by molar-refractivity contribution is -0.132. The number of alkyl halides is 2. The number of halogens is 2. The van der Waals surface area contributed by atoms with Crippen LogP contribution in [0.4, 0.5) is 13.6 Å². The summed E-state index contributed by atoms with van der Waals surface area (Å²) in [6, 6.07) is -2.05. The molecular formula is C15H24F2N4O3. The number of rotatable bonds is 6. The molecule has 0 aliphatic carbocycles. The van der Waals surface area contributed by atoms with Crippen molar-refractivity contribution < 1.29 is 23.1 Å². The van der Waals surface area contributed by atoms with Gasteiger partial charge in [0.05, 0.1) is 6.61 Å². The predicted octanol–water partition coefficient (Wildman–Crippen LogP) is 1.55. The number of urea groups is 1. The van der Waals surface area contributed by atoms with E-state index in [-0.39, 0.29) is 12.8 Å². The van der Waals surface area contributed by atoms with Crippen LogP contribution in [0.3, 0.4) is 0 Å². The number of ether oxygens (including phenoxy) is 1. The molecule has 136 valence electrons. The van der Waals surface area contributed by atoms with Crippen LogP contribution < -0.4 is 5.32 Å². The topological polar surface area (TPSA) is 85.7 Å². The molecule has 7 nitrogen and oxygen atoms in total. The highest BCUT2D eigenvalue weighted by atomic mass is 19.3. The minimum atomic E-state index is -3.10. The van der Waals surface area contributed by atoms with Crippen molar-refractivity contribution in [3.8, 4) is 6.19 Å². The van der Waals surface area contributed by atoms with Gasteiger partial charge in [0, 0.05) is 39.6 Å². The van der Waals surface area contributed by atoms with Crippen LogP contribution in [-0.4, -0.2) is 67.1 Å². The standard InChI is InChI=1S/C15H24F2N4O3/c1-3-5-15(16,17)10-12(13(22)20(2)11-18)19-14(23)21-6-4-8-24-9-7-21/h12H,3-10H2,1-2H3,(H,19,23)/t12-/m0/s1. The first-order chi connectivity index (χ1) is 11.3. The molecule has 9 heteroatoms. The van der Waals surface area contributed by atoms with Gasteiger partial charge in [0.2, 0.25) is 0 Å². The molecule has 1 fully saturated rings. The maximum atomic E-state index is 13.9. The Morgan fingerprint density at radius 3 is 2.75 bits per heavy atom. The third-order valence-electron chi connectivity index (χ3n) is 3.70. The Bertz CT molecular complexity index is 474. The van der Waals surface area contributed by atoms with E-state index in [0.717, 1.165) is 0 Å². The van der Waals surface area contributed by atoms with Gasteiger partial charge in [-0.05, 0) is 6.42 Å². The molecule has 24 heavy (non-hydrogen) atoms. The Morgan fingerprint density at radius 1 is 1.42 bits per heavy atom. The second kappa shape index (κ2) is 9.37. The fourth-order valence-electron chi connectivity index (χ4n) is 2.44. The third-order valence-corrected chi connectivity index (χ3v) is 3.70. The molecular weight excluding hydrogens is 322 g/mol. The number of nitrogens with one attached hydrogen (secondary N) is 1. The molecule has 1 rings (SSSR count). The number of likely N-dealkylation sites (N-methyl/N-ethyl adjacent to an activating group) is 1. The Kier molecular flexibility index (Phi) is 7.85. The first kappa shape index (κ1) is 20.1. The number of nitriles is 1. The van der Waals surface area contributed by atoms with Crippen LogP contribution in [0.2, 0.25) is 0 Å². The Hall–Kier alpha value is -1.95. The van der Waals surface area contributed by atoms with E-state index in [1.54, 1.807) is 13.1 Å². The average Bonchev–Trinajstić information content (AvgIpc) is 2.81. The first-order valence-electron chi connectivity index (χ1n) is 7.99. The lowest BCUT2D eigenvalue weighted by atomic mass is 10.0. The summed E-state index contributed by atoms with van der Waals surface area (Å²) in [5, 5.41) is 11.2. The van der Waals surface area contributed by atoms with Crippen molar-refractivity contribution in [3.05, 3.63) is 0 Å². The van der Waals surface area contributed by atoms with E-state index in [1.807, 2.05) is 0 Å². The fraction of sp³-hybridized carbons (Fsp3) is 0.800. The van der Waals surface area contributed by atoms with Crippen molar-refractivity contribution in [2.24, 2.45) is 0 Å². The van der Waals surface area contributed by atoms with Gasteiger partial charge in [0.25, 0.3) is 11.8 Å². The number of carbonyl (C=O) groups is 2. The zero-order chi connectivity index (χ0) is 18.2. The van der Waals surface area contributed by atoms with Gasteiger partial charge in [0.15, 0.2) is 6.19 Å². The second-order valence-electron chi connectivity index (χ2n) is 5.76. The zero-order valence-corrected chi connectivity index (χ0v) is 14.1. The highest BCUT2D eigenvalue weighted by molar-refractivity contribution is 5.87. The van der Waals surface area contributed by atoms with E-state index in [2.05, 4.69) is 5.32 Å². The number of hydrogen-bond acceptors (Lipinski definition) is 4. The Morgan fingerprint density at radius 2 is 2.12 bits per heavy atom. The van der Waals surface area contributed by atoms with Gasteiger partial charge in [0.1, 0.15) is 6.04 Å². The van der Waals surface area contributed by atoms with Crippen molar-refractivity contribution in [3.63, 3.8) is 0 Å². The molecule has 0 radical (unpaired) electrons. The van der Waals surface area contributed by atoms with Crippen LogP contribution >= 0.6 is 0 Å². The molecule has 3 amide bonds. The van der Waals surface area contributed by atoms with Crippen molar-refractivity contribution in [2.75, 3.05) is 33.4 Å². The van der Waals surface area contributed by atoms with Crippen molar-refractivity contribution >= 4 is 11.9 Å². The first-order valence-corrected chi connectivity index (χ1v) is 7.99. The molecule has 0 aromatic rings. The zero-order valence-electron chi connectivity index (χ0n) is 14.1. The highest BCUT2D eigenvalue weighted by Gasteiger charge is 2.37. The van der Waals surface area contributed by atoms with E-state index >= 15 is 0 Å². The number of nitrogens with zero attached hydrogens (tertiary/aromatic N) is 3. The van der Waals surface area contributed by atoms with E-state index in [4.69, 9.17) is 10.00 Å². The number of hydrogen-bond donors (Lipinski definition) is 1. The Balaban J connectivity index is 2.82. The molecule has 1 aliphatic rings. The van der Waals surface area contributed by atoms with Crippen molar-refractivity contribution in [1.29, 1.82) is 5.26 Å². The molecule has 1 saturated heterocycles. The number of carbonyl (C=O) groups excluding carboxylic acids is 2. The van der Waals surface area contributed by atoms with Gasteiger partial charge in [-0.1, -0.05) is 13.3 Å². The molecule has 0 bridgehead atoms. The van der Waals surface area contributed by atoms with Gasteiger partial charge in [-0.2, -0.15) is 5.26 Å². The quantitative estimate of drug-likeness (QED) is 0.584. The minimum Gasteiger partial charge on any atom is -0.380 e. The summed E-state index contributed by atoms with van der Waals surface area (Å²) in [4.78, 5) is 26.5. The maximum absolute atomic E-state index is 13.9. The van der Waals surface area contributed by atoms with Gasteiger partial charge in [-0.25, -0.2) is 13.6 Å². The molecule has 1 aliphatic heterocycles. The third kappa shape index (κ3) is 6.28. The second-order valence-corrected chi connectivity index (χ2v) is 5.76. The van der Waals surface area contributed by atoms with Crippen LogP contribution in [0.25, 0.3) is 0 Å². The molecule has 0 spiro atoms. The summed E-state index contributed by atoms with van der Waals surface area (Å²) in [6.07, 6.45) is 1.24. The van der Waals surface area contributed by atoms with Gasteiger partial charge < -0.3 is 15.0 Å². The highest BCUT2D eigenvalue weighted by Crippen LogP contribution is 2.26. The average molecular weight is 346 g/mol. The summed E-state index contributed by atoms with van der Waals surface area (Å²) in [5.74, 6) is -3.95. The summed E-state index contributed by atoms with van der Waals surface area (Å²) >= 11 is 0. The largest absolute Gasteiger partial charge is 0.380 e. The minimum absolute atomic E-state index is 0.249. The predicted molar refractivity (Wildman–Crippen MR) is 82.2 cm³/mol. The monoisotopic (exact) mass is 346 g/mol. The van der Waals surface area contributed by atoms with Gasteiger partial charge in [-0.3, -0.25) is 9.69 Å². The van der Waals surface area contributed by atoms with Crippen molar-refractivity contribution in [2.45, 2.75) is 44.6 Å². The van der Waals surface area contributed by atoms with E-state index < -0.39 is 30.3 Å². The lowest BCUT2D eigenvalue weighted by Crippen LogP contribution is -2.53. The van der Waals surface area contributed by atoms with Crippen molar-refractivity contribution in [1.82, 2.24) is 15.1 Å². The van der Waals surface area contributed by atoms with Crippen LogP contribution in [0, 0.1) is 11.5 Å². The summed E-state index contributed by atoms with van der Waals surface area (Å²) in [6.45, 7) is 3.24. The summed E-state index contributed by atoms with van der Waals surface area (Å²) in [7, 11) is 1.18. The molecule has 0 unspecified atom stereocenters. The molecule has 1 heterocycles. The van der Waals surface area contributed by atoms with Gasteiger partial charge >= 0.3 is 6.03 Å². The Labute approximate surface area is 140 Å². The van der Waals surface area contributed by atoms with E-state index in [1.165, 1.54) is 11.9 Å². The molecule has 1 N–H and O–H groups in total. The molecule has 0 aromatic carbocycles. The van der Waals surface area contributed by atoms with Gasteiger partial charge in [-0.15, -0.1) is 0 Å². The fourth-order valence-corrected chi connectivity index (χ4v) is 2.44. The van der Waals surface area contributed by atoms with Crippen LogP contribution in [-0.2, 0) is 9.53 Å². The molecule has 0 aromatic heterocycles. The maximum Gasteiger partial charge on any atom is 0.318 e. The normalized spacial score (nSPS) is 16.7.